The number of carbonyl (C=O) groups is 3. The van der Waals surface area contributed by atoms with Crippen molar-refractivity contribution in [2.45, 2.75) is 26.3 Å². The van der Waals surface area contributed by atoms with Gasteiger partial charge in [-0.05, 0) is 43.0 Å². The van der Waals surface area contributed by atoms with Crippen molar-refractivity contribution < 1.29 is 19.1 Å². The summed E-state index contributed by atoms with van der Waals surface area (Å²) in [4.78, 5) is 38.8. The maximum absolute atomic E-state index is 12.7. The third-order valence-electron chi connectivity index (χ3n) is 4.00. The van der Waals surface area contributed by atoms with Gasteiger partial charge in [0.1, 0.15) is 4.88 Å². The first-order chi connectivity index (χ1) is 12.0. The molecule has 0 radical (unpaired) electrons. The molecular formula is C18H18N2O4S. The van der Waals surface area contributed by atoms with Gasteiger partial charge < -0.3 is 15.0 Å². The Hall–Kier alpha value is -2.67. The van der Waals surface area contributed by atoms with Crippen molar-refractivity contribution in [3.63, 3.8) is 0 Å². The SMILES string of the molecule is Cc1ccsc1C(=O)OCC(=O)N1c2ccccc2NC(=O)CC1C. The first-order valence-corrected chi connectivity index (χ1v) is 8.77. The van der Waals surface area contributed by atoms with Crippen LogP contribution in [0.25, 0.3) is 0 Å². The van der Waals surface area contributed by atoms with Crippen molar-refractivity contribution in [1.29, 1.82) is 0 Å². The van der Waals surface area contributed by atoms with Gasteiger partial charge in [0.2, 0.25) is 5.91 Å². The van der Waals surface area contributed by atoms with E-state index in [1.165, 1.54) is 16.2 Å². The molecule has 25 heavy (non-hydrogen) atoms. The van der Waals surface area contributed by atoms with Crippen LogP contribution >= 0.6 is 11.3 Å². The number of para-hydroxylation sites is 2. The largest absolute Gasteiger partial charge is 0.451 e. The summed E-state index contributed by atoms with van der Waals surface area (Å²) in [5.74, 6) is -1.02. The number of thiophene rings is 1. The van der Waals surface area contributed by atoms with Gasteiger partial charge in [0.05, 0.1) is 11.4 Å². The lowest BCUT2D eigenvalue weighted by Crippen LogP contribution is -2.41. The minimum Gasteiger partial charge on any atom is -0.451 e. The number of ether oxygens (including phenoxy) is 1. The Morgan fingerprint density at radius 2 is 2.08 bits per heavy atom. The summed E-state index contributed by atoms with van der Waals surface area (Å²) in [6.45, 7) is 3.24. The highest BCUT2D eigenvalue weighted by molar-refractivity contribution is 7.12. The molecule has 1 aromatic heterocycles. The molecule has 130 valence electrons. The van der Waals surface area contributed by atoms with E-state index in [0.717, 1.165) is 5.56 Å². The number of esters is 1. The molecule has 7 heteroatoms. The van der Waals surface area contributed by atoms with E-state index >= 15 is 0 Å². The second-order valence-corrected chi connectivity index (χ2v) is 6.81. The number of rotatable bonds is 3. The standard InChI is InChI=1S/C18H18N2O4S/c1-11-7-8-25-17(11)18(23)24-10-16(22)20-12(2)9-15(21)19-13-5-3-4-6-14(13)20/h3-8,12H,9-10H2,1-2H3,(H,19,21). The number of nitrogens with one attached hydrogen (secondary N) is 1. The average Bonchev–Trinajstić information content (AvgIpc) is 2.94. The Balaban J connectivity index is 1.77. The van der Waals surface area contributed by atoms with Crippen LogP contribution in [0.3, 0.4) is 0 Å². The third kappa shape index (κ3) is 3.56. The highest BCUT2D eigenvalue weighted by Crippen LogP contribution is 2.31. The molecule has 2 amide bonds. The molecular weight excluding hydrogens is 340 g/mol. The predicted molar refractivity (Wildman–Crippen MR) is 96.0 cm³/mol. The zero-order valence-corrected chi connectivity index (χ0v) is 14.8. The van der Waals surface area contributed by atoms with Gasteiger partial charge in [0.15, 0.2) is 6.61 Å². The monoisotopic (exact) mass is 358 g/mol. The van der Waals surface area contributed by atoms with Gasteiger partial charge >= 0.3 is 5.97 Å². The molecule has 1 unspecified atom stereocenters. The fraction of sp³-hybridized carbons (Fsp3) is 0.278. The van der Waals surface area contributed by atoms with Crippen LogP contribution in [0.5, 0.6) is 0 Å². The number of benzene rings is 1. The van der Waals surface area contributed by atoms with E-state index in [1.807, 2.05) is 13.0 Å². The lowest BCUT2D eigenvalue weighted by atomic mass is 10.1. The number of hydrogen-bond acceptors (Lipinski definition) is 5. The van der Waals surface area contributed by atoms with Crippen LogP contribution in [-0.4, -0.2) is 30.4 Å². The lowest BCUT2D eigenvalue weighted by molar-refractivity contribution is -0.122. The Labute approximate surface area is 149 Å². The minimum atomic E-state index is -0.509. The van der Waals surface area contributed by atoms with Crippen molar-refractivity contribution >= 4 is 40.5 Å². The van der Waals surface area contributed by atoms with Crippen molar-refractivity contribution in [2.75, 3.05) is 16.8 Å². The number of amides is 2. The van der Waals surface area contributed by atoms with Gasteiger partial charge in [-0.15, -0.1) is 11.3 Å². The topological polar surface area (TPSA) is 75.7 Å². The molecule has 0 fully saturated rings. The van der Waals surface area contributed by atoms with Crippen LogP contribution in [0, 0.1) is 6.92 Å². The molecule has 0 bridgehead atoms. The summed E-state index contributed by atoms with van der Waals surface area (Å²) in [5.41, 5.74) is 2.01. The van der Waals surface area contributed by atoms with Gasteiger partial charge in [-0.1, -0.05) is 12.1 Å². The number of hydrogen-bond donors (Lipinski definition) is 1. The molecule has 1 N–H and O–H groups in total. The summed E-state index contributed by atoms with van der Waals surface area (Å²) >= 11 is 1.28. The molecule has 3 rings (SSSR count). The Morgan fingerprint density at radius 1 is 1.32 bits per heavy atom. The van der Waals surface area contributed by atoms with Crippen molar-refractivity contribution in [2.24, 2.45) is 0 Å². The van der Waals surface area contributed by atoms with E-state index in [0.29, 0.717) is 16.3 Å². The fourth-order valence-electron chi connectivity index (χ4n) is 2.81. The highest BCUT2D eigenvalue weighted by atomic mass is 32.1. The van der Waals surface area contributed by atoms with E-state index in [-0.39, 0.29) is 30.9 Å². The molecule has 0 spiro atoms. The fourth-order valence-corrected chi connectivity index (χ4v) is 3.63. The Kier molecular flexibility index (Phi) is 4.85. The number of nitrogens with zero attached hydrogens (tertiary/aromatic N) is 1. The van der Waals surface area contributed by atoms with Crippen LogP contribution in [0.1, 0.15) is 28.6 Å². The van der Waals surface area contributed by atoms with Gasteiger partial charge in [0.25, 0.3) is 5.91 Å². The first-order valence-electron chi connectivity index (χ1n) is 7.89. The number of aryl methyl sites for hydroxylation is 1. The van der Waals surface area contributed by atoms with Gasteiger partial charge in [-0.2, -0.15) is 0 Å². The molecule has 1 aromatic carbocycles. The molecule has 1 aliphatic rings. The molecule has 0 saturated heterocycles. The van der Waals surface area contributed by atoms with Gasteiger partial charge in [-0.25, -0.2) is 4.79 Å². The van der Waals surface area contributed by atoms with E-state index < -0.39 is 5.97 Å². The van der Waals surface area contributed by atoms with Gasteiger partial charge in [-0.3, -0.25) is 9.59 Å². The van der Waals surface area contributed by atoms with Crippen LogP contribution < -0.4 is 10.2 Å². The molecule has 2 aromatic rings. The molecule has 0 saturated carbocycles. The normalized spacial score (nSPS) is 16.6. The van der Waals surface area contributed by atoms with Crippen LogP contribution in [0.2, 0.25) is 0 Å². The molecule has 6 nitrogen and oxygen atoms in total. The summed E-state index contributed by atoms with van der Waals surface area (Å²) < 4.78 is 5.19. The average molecular weight is 358 g/mol. The van der Waals surface area contributed by atoms with E-state index in [2.05, 4.69) is 5.32 Å². The van der Waals surface area contributed by atoms with Crippen molar-refractivity contribution in [3.05, 3.63) is 46.2 Å². The summed E-state index contributed by atoms with van der Waals surface area (Å²) in [6, 6.07) is 8.58. The molecule has 0 aliphatic carbocycles. The zero-order valence-electron chi connectivity index (χ0n) is 13.9. The number of carbonyl (C=O) groups excluding carboxylic acids is 3. The second-order valence-electron chi connectivity index (χ2n) is 5.89. The van der Waals surface area contributed by atoms with Crippen molar-refractivity contribution in [3.8, 4) is 0 Å². The lowest BCUT2D eigenvalue weighted by Gasteiger charge is -2.27. The third-order valence-corrected chi connectivity index (χ3v) is 5.00. The maximum atomic E-state index is 12.7. The highest BCUT2D eigenvalue weighted by Gasteiger charge is 2.30. The predicted octanol–water partition coefficient (Wildman–Crippen LogP) is 2.98. The quantitative estimate of drug-likeness (QED) is 0.856. The van der Waals surface area contributed by atoms with Gasteiger partial charge in [0, 0.05) is 12.5 Å². The van der Waals surface area contributed by atoms with E-state index in [1.54, 1.807) is 36.6 Å². The Bertz CT molecular complexity index is 830. The smallest absolute Gasteiger partial charge is 0.349 e. The number of fused-ring (bicyclic) bond motifs is 1. The molecule has 1 aliphatic heterocycles. The van der Waals surface area contributed by atoms with E-state index in [4.69, 9.17) is 4.74 Å². The van der Waals surface area contributed by atoms with Crippen LogP contribution in [-0.2, 0) is 14.3 Å². The molecule has 1 atom stereocenters. The van der Waals surface area contributed by atoms with Crippen molar-refractivity contribution in [1.82, 2.24) is 0 Å². The Morgan fingerprint density at radius 3 is 2.80 bits per heavy atom. The summed E-state index contributed by atoms with van der Waals surface area (Å²) in [6.07, 6.45) is 0.179. The van der Waals surface area contributed by atoms with Crippen LogP contribution in [0.15, 0.2) is 35.7 Å². The number of anilines is 2. The summed E-state index contributed by atoms with van der Waals surface area (Å²) in [5, 5.41) is 4.60. The summed E-state index contributed by atoms with van der Waals surface area (Å²) in [7, 11) is 0. The molecule has 2 heterocycles. The van der Waals surface area contributed by atoms with E-state index in [9.17, 15) is 14.4 Å². The first kappa shape index (κ1) is 17.2. The minimum absolute atomic E-state index is 0.151. The van der Waals surface area contributed by atoms with Crippen LogP contribution in [0.4, 0.5) is 11.4 Å². The zero-order chi connectivity index (χ0) is 18.0. The second kappa shape index (κ2) is 7.06. The maximum Gasteiger partial charge on any atom is 0.349 e.